The largest absolute Gasteiger partial charge is 0.573 e. The van der Waals surface area contributed by atoms with Crippen molar-refractivity contribution in [1.82, 2.24) is 10.6 Å². The van der Waals surface area contributed by atoms with Crippen molar-refractivity contribution in [2.45, 2.75) is 19.2 Å². The number of urea groups is 1. The standard InChI is InChI=1S/C21H21F3N4O4/c22-21(23,24)32-17-9-7-16(8-10-17)28-20(31)26-12-11-25-18(29)13-3-5-15(6-4-13)27-19(30)14-1-2-14/h3-10,14H,1-2,11-12H2,(H,25,29)(H,27,30)(H2,26,28,31). The van der Waals surface area contributed by atoms with Gasteiger partial charge in [0.15, 0.2) is 0 Å². The molecule has 1 fully saturated rings. The Kier molecular flexibility index (Phi) is 7.18. The van der Waals surface area contributed by atoms with Crippen molar-refractivity contribution >= 4 is 29.2 Å². The summed E-state index contributed by atoms with van der Waals surface area (Å²) in [5.41, 5.74) is 1.30. The van der Waals surface area contributed by atoms with E-state index in [4.69, 9.17) is 0 Å². The quantitative estimate of drug-likeness (QED) is 0.462. The Morgan fingerprint density at radius 2 is 1.41 bits per heavy atom. The van der Waals surface area contributed by atoms with Gasteiger partial charge in [-0.2, -0.15) is 0 Å². The minimum absolute atomic E-state index is 0.0165. The van der Waals surface area contributed by atoms with Gasteiger partial charge in [-0.25, -0.2) is 4.79 Å². The van der Waals surface area contributed by atoms with Gasteiger partial charge in [0.1, 0.15) is 5.75 Å². The number of benzene rings is 2. The Morgan fingerprint density at radius 3 is 2.00 bits per heavy atom. The van der Waals surface area contributed by atoms with Gasteiger partial charge in [-0.15, -0.1) is 13.2 Å². The molecule has 2 aromatic rings. The molecule has 2 aromatic carbocycles. The molecule has 1 aliphatic rings. The van der Waals surface area contributed by atoms with Crippen LogP contribution in [-0.4, -0.2) is 37.3 Å². The molecule has 0 radical (unpaired) electrons. The summed E-state index contributed by atoms with van der Waals surface area (Å²) in [6, 6.07) is 10.6. The number of carbonyl (C=O) groups excluding carboxylic acids is 3. The van der Waals surface area contributed by atoms with Crippen molar-refractivity contribution in [2.24, 2.45) is 5.92 Å². The second kappa shape index (κ2) is 10.0. The first-order chi connectivity index (χ1) is 15.2. The van der Waals surface area contributed by atoms with Crippen LogP contribution in [0.25, 0.3) is 0 Å². The molecule has 8 nitrogen and oxygen atoms in total. The molecule has 4 N–H and O–H groups in total. The van der Waals surface area contributed by atoms with Crippen LogP contribution in [0.4, 0.5) is 29.3 Å². The van der Waals surface area contributed by atoms with Crippen LogP contribution in [0, 0.1) is 5.92 Å². The number of carbonyl (C=O) groups is 3. The molecule has 0 bridgehead atoms. The number of rotatable bonds is 8. The van der Waals surface area contributed by atoms with E-state index in [1.165, 1.54) is 12.1 Å². The molecule has 0 spiro atoms. The number of hydrogen-bond donors (Lipinski definition) is 4. The van der Waals surface area contributed by atoms with Crippen LogP contribution in [-0.2, 0) is 4.79 Å². The van der Waals surface area contributed by atoms with Crippen molar-refractivity contribution in [3.05, 3.63) is 54.1 Å². The maximum atomic E-state index is 12.1. The van der Waals surface area contributed by atoms with Crippen molar-refractivity contribution in [2.75, 3.05) is 23.7 Å². The van der Waals surface area contributed by atoms with E-state index in [9.17, 15) is 27.6 Å². The molecule has 3 rings (SSSR count). The molecule has 0 heterocycles. The summed E-state index contributed by atoms with van der Waals surface area (Å²) < 4.78 is 40.2. The Bertz CT molecular complexity index is 959. The maximum Gasteiger partial charge on any atom is 0.573 e. The molecule has 0 aliphatic heterocycles. The zero-order chi connectivity index (χ0) is 23.1. The Balaban J connectivity index is 1.34. The van der Waals surface area contributed by atoms with Crippen LogP contribution < -0.4 is 26.0 Å². The van der Waals surface area contributed by atoms with Gasteiger partial charge in [-0.05, 0) is 61.4 Å². The van der Waals surface area contributed by atoms with Crippen LogP contribution in [0.1, 0.15) is 23.2 Å². The summed E-state index contributed by atoms with van der Waals surface area (Å²) in [4.78, 5) is 35.7. The van der Waals surface area contributed by atoms with Gasteiger partial charge < -0.3 is 26.0 Å². The fourth-order valence-electron chi connectivity index (χ4n) is 2.66. The third kappa shape index (κ3) is 7.49. The van der Waals surface area contributed by atoms with Crippen molar-refractivity contribution in [3.8, 4) is 5.75 Å². The average Bonchev–Trinajstić information content (AvgIpc) is 3.57. The van der Waals surface area contributed by atoms with E-state index in [0.717, 1.165) is 25.0 Å². The first kappa shape index (κ1) is 22.9. The summed E-state index contributed by atoms with van der Waals surface area (Å²) in [6.07, 6.45) is -2.98. The zero-order valence-corrected chi connectivity index (χ0v) is 16.8. The van der Waals surface area contributed by atoms with Crippen LogP contribution in [0.5, 0.6) is 5.75 Å². The highest BCUT2D eigenvalue weighted by Gasteiger charge is 2.31. The number of halogens is 3. The lowest BCUT2D eigenvalue weighted by Crippen LogP contribution is -2.36. The molecular formula is C21H21F3N4O4. The molecule has 4 amide bonds. The average molecular weight is 450 g/mol. The van der Waals surface area contributed by atoms with Gasteiger partial charge in [-0.3, -0.25) is 9.59 Å². The van der Waals surface area contributed by atoms with Crippen molar-refractivity contribution < 1.29 is 32.3 Å². The highest BCUT2D eigenvalue weighted by atomic mass is 19.4. The first-order valence-electron chi connectivity index (χ1n) is 9.79. The van der Waals surface area contributed by atoms with Gasteiger partial charge >= 0.3 is 12.4 Å². The van der Waals surface area contributed by atoms with Gasteiger partial charge in [0.05, 0.1) is 0 Å². The van der Waals surface area contributed by atoms with E-state index < -0.39 is 18.1 Å². The highest BCUT2D eigenvalue weighted by molar-refractivity contribution is 5.96. The lowest BCUT2D eigenvalue weighted by molar-refractivity contribution is -0.274. The van der Waals surface area contributed by atoms with Gasteiger partial charge in [0, 0.05) is 35.9 Å². The Morgan fingerprint density at radius 1 is 0.844 bits per heavy atom. The third-order valence-electron chi connectivity index (χ3n) is 4.40. The SMILES string of the molecule is O=C(NCCNC(=O)c1ccc(NC(=O)C2CC2)cc1)Nc1ccc(OC(F)(F)F)cc1. The Labute approximate surface area is 181 Å². The molecule has 11 heteroatoms. The zero-order valence-electron chi connectivity index (χ0n) is 16.8. The maximum absolute atomic E-state index is 12.1. The van der Waals surface area contributed by atoms with E-state index in [1.54, 1.807) is 24.3 Å². The predicted octanol–water partition coefficient (Wildman–Crippen LogP) is 3.49. The minimum atomic E-state index is -4.79. The fourth-order valence-corrected chi connectivity index (χ4v) is 2.66. The summed E-state index contributed by atoms with van der Waals surface area (Å²) in [5.74, 6) is -0.667. The molecule has 1 aliphatic carbocycles. The van der Waals surface area contributed by atoms with E-state index in [0.29, 0.717) is 11.3 Å². The topological polar surface area (TPSA) is 109 Å². The van der Waals surface area contributed by atoms with E-state index in [-0.39, 0.29) is 36.5 Å². The number of amides is 4. The number of alkyl halides is 3. The number of hydrogen-bond acceptors (Lipinski definition) is 4. The van der Waals surface area contributed by atoms with E-state index in [1.807, 2.05) is 0 Å². The molecule has 0 atom stereocenters. The monoisotopic (exact) mass is 450 g/mol. The lowest BCUT2D eigenvalue weighted by Gasteiger charge is -2.11. The summed E-state index contributed by atoms with van der Waals surface area (Å²) in [7, 11) is 0. The first-order valence-corrected chi connectivity index (χ1v) is 9.79. The molecule has 0 aromatic heterocycles. The molecule has 170 valence electrons. The second-order valence-electron chi connectivity index (χ2n) is 7.05. The molecule has 0 saturated heterocycles. The Hall–Kier alpha value is -3.76. The summed E-state index contributed by atoms with van der Waals surface area (Å²) in [6.45, 7) is 0.285. The number of anilines is 2. The van der Waals surface area contributed by atoms with E-state index in [2.05, 4.69) is 26.0 Å². The fraction of sp³-hybridized carbons (Fsp3) is 0.286. The van der Waals surface area contributed by atoms with Crippen LogP contribution >= 0.6 is 0 Å². The highest BCUT2D eigenvalue weighted by Crippen LogP contribution is 2.30. The van der Waals surface area contributed by atoms with E-state index >= 15 is 0 Å². The smallest absolute Gasteiger partial charge is 0.406 e. The number of nitrogens with one attached hydrogen (secondary N) is 4. The van der Waals surface area contributed by atoms with Crippen LogP contribution in [0.3, 0.4) is 0 Å². The van der Waals surface area contributed by atoms with Crippen LogP contribution in [0.15, 0.2) is 48.5 Å². The summed E-state index contributed by atoms with van der Waals surface area (Å²) in [5, 5.41) is 10.4. The van der Waals surface area contributed by atoms with Crippen LogP contribution in [0.2, 0.25) is 0 Å². The van der Waals surface area contributed by atoms with Gasteiger partial charge in [0.2, 0.25) is 5.91 Å². The number of ether oxygens (including phenoxy) is 1. The third-order valence-corrected chi connectivity index (χ3v) is 4.40. The lowest BCUT2D eigenvalue weighted by atomic mass is 10.2. The molecule has 0 unspecified atom stereocenters. The van der Waals surface area contributed by atoms with Gasteiger partial charge in [0.25, 0.3) is 5.91 Å². The predicted molar refractivity (Wildman–Crippen MR) is 110 cm³/mol. The van der Waals surface area contributed by atoms with Gasteiger partial charge in [-0.1, -0.05) is 0 Å². The second-order valence-corrected chi connectivity index (χ2v) is 7.05. The molecule has 32 heavy (non-hydrogen) atoms. The molecular weight excluding hydrogens is 429 g/mol. The van der Waals surface area contributed by atoms with Crippen molar-refractivity contribution in [3.63, 3.8) is 0 Å². The normalized spacial score (nSPS) is 13.1. The van der Waals surface area contributed by atoms with Crippen molar-refractivity contribution in [1.29, 1.82) is 0 Å². The summed E-state index contributed by atoms with van der Waals surface area (Å²) >= 11 is 0. The molecule has 1 saturated carbocycles. The minimum Gasteiger partial charge on any atom is -0.406 e.